The van der Waals surface area contributed by atoms with Gasteiger partial charge in [0.1, 0.15) is 0 Å². The summed E-state index contributed by atoms with van der Waals surface area (Å²) in [4.78, 5) is 0. The van der Waals surface area contributed by atoms with Crippen LogP contribution in [-0.2, 0) is 24.1 Å². The standard InChI is InChI=1S/C20H27N3O/c1-14-18-12-11-17(24-3)5-4-6-19(18)20(23-22-14)16-9-7-15(8-10-16)13-21-2/h7-10,17,21H,4-6,11-13H2,1-3H3. The van der Waals surface area contributed by atoms with E-state index in [1.54, 1.807) is 0 Å². The van der Waals surface area contributed by atoms with Crippen LogP contribution in [0, 0.1) is 6.92 Å². The van der Waals surface area contributed by atoms with Gasteiger partial charge < -0.3 is 10.1 Å². The first-order valence-corrected chi connectivity index (χ1v) is 8.84. The van der Waals surface area contributed by atoms with Crippen molar-refractivity contribution in [2.24, 2.45) is 0 Å². The Morgan fingerprint density at radius 1 is 1.08 bits per heavy atom. The van der Waals surface area contributed by atoms with E-state index < -0.39 is 0 Å². The van der Waals surface area contributed by atoms with Crippen LogP contribution in [0.1, 0.15) is 41.6 Å². The van der Waals surface area contributed by atoms with Crippen molar-refractivity contribution in [1.82, 2.24) is 15.5 Å². The molecule has 0 bridgehead atoms. The van der Waals surface area contributed by atoms with Gasteiger partial charge in [-0.3, -0.25) is 0 Å². The summed E-state index contributed by atoms with van der Waals surface area (Å²) in [7, 11) is 3.79. The molecule has 2 aromatic rings. The molecule has 0 saturated heterocycles. The van der Waals surface area contributed by atoms with Crippen molar-refractivity contribution in [2.45, 2.75) is 51.7 Å². The molecule has 128 valence electrons. The molecule has 3 rings (SSSR count). The number of ether oxygens (including phenoxy) is 1. The van der Waals surface area contributed by atoms with Crippen LogP contribution in [0.4, 0.5) is 0 Å². The van der Waals surface area contributed by atoms with E-state index in [1.165, 1.54) is 22.3 Å². The van der Waals surface area contributed by atoms with Gasteiger partial charge in [-0.1, -0.05) is 24.3 Å². The van der Waals surface area contributed by atoms with Crippen LogP contribution in [-0.4, -0.2) is 30.5 Å². The molecule has 1 unspecified atom stereocenters. The van der Waals surface area contributed by atoms with Gasteiger partial charge in [0.15, 0.2) is 0 Å². The number of methoxy groups -OCH3 is 1. The summed E-state index contributed by atoms with van der Waals surface area (Å²) in [5.41, 5.74) is 7.34. The Kier molecular flexibility index (Phi) is 5.59. The fraction of sp³-hybridized carbons (Fsp3) is 0.500. The molecule has 1 aliphatic rings. The number of aromatic nitrogens is 2. The molecule has 1 aliphatic carbocycles. The number of rotatable bonds is 4. The van der Waals surface area contributed by atoms with Gasteiger partial charge >= 0.3 is 0 Å². The van der Waals surface area contributed by atoms with Gasteiger partial charge in [-0.25, -0.2) is 0 Å². The quantitative estimate of drug-likeness (QED) is 0.935. The summed E-state index contributed by atoms with van der Waals surface area (Å²) in [5, 5.41) is 12.2. The molecular formula is C20H27N3O. The number of benzene rings is 1. The molecule has 0 saturated carbocycles. The zero-order valence-electron chi connectivity index (χ0n) is 14.9. The third-order valence-electron chi connectivity index (χ3n) is 5.00. The SMILES string of the molecule is CNCc1ccc(-c2nnc(C)c3c2CCCC(OC)CC3)cc1. The molecule has 1 N–H and O–H groups in total. The Balaban J connectivity index is 1.96. The Bertz CT molecular complexity index is 682. The molecule has 0 spiro atoms. The van der Waals surface area contributed by atoms with Crippen LogP contribution >= 0.6 is 0 Å². The van der Waals surface area contributed by atoms with Crippen LogP contribution in [0.2, 0.25) is 0 Å². The minimum atomic E-state index is 0.370. The lowest BCUT2D eigenvalue weighted by molar-refractivity contribution is 0.0852. The van der Waals surface area contributed by atoms with Crippen LogP contribution < -0.4 is 5.32 Å². The lowest BCUT2D eigenvalue weighted by Crippen LogP contribution is -2.17. The fourth-order valence-electron chi connectivity index (χ4n) is 3.62. The van der Waals surface area contributed by atoms with E-state index in [1.807, 2.05) is 14.2 Å². The molecule has 1 aromatic carbocycles. The summed E-state index contributed by atoms with van der Waals surface area (Å²) < 4.78 is 5.59. The lowest BCUT2D eigenvalue weighted by atomic mass is 9.89. The van der Waals surface area contributed by atoms with Gasteiger partial charge in [0.2, 0.25) is 0 Å². The molecular weight excluding hydrogens is 298 g/mol. The minimum Gasteiger partial charge on any atom is -0.381 e. The summed E-state index contributed by atoms with van der Waals surface area (Å²) in [6, 6.07) is 8.68. The van der Waals surface area contributed by atoms with Crippen molar-refractivity contribution >= 4 is 0 Å². The molecule has 0 aliphatic heterocycles. The van der Waals surface area contributed by atoms with E-state index in [0.717, 1.165) is 50.0 Å². The maximum absolute atomic E-state index is 5.59. The van der Waals surface area contributed by atoms with Gasteiger partial charge in [0.25, 0.3) is 0 Å². The first kappa shape index (κ1) is 17.1. The largest absolute Gasteiger partial charge is 0.381 e. The Morgan fingerprint density at radius 2 is 1.88 bits per heavy atom. The van der Waals surface area contributed by atoms with Gasteiger partial charge in [0, 0.05) is 19.2 Å². The molecule has 1 heterocycles. The van der Waals surface area contributed by atoms with Crippen molar-refractivity contribution in [2.75, 3.05) is 14.2 Å². The maximum atomic E-state index is 5.59. The Morgan fingerprint density at radius 3 is 2.58 bits per heavy atom. The highest BCUT2D eigenvalue weighted by Gasteiger charge is 2.20. The molecule has 1 aromatic heterocycles. The van der Waals surface area contributed by atoms with E-state index in [-0.39, 0.29) is 0 Å². The van der Waals surface area contributed by atoms with Gasteiger partial charge in [-0.15, -0.1) is 5.10 Å². The van der Waals surface area contributed by atoms with Crippen molar-refractivity contribution in [3.63, 3.8) is 0 Å². The highest BCUT2D eigenvalue weighted by atomic mass is 16.5. The van der Waals surface area contributed by atoms with Crippen molar-refractivity contribution in [3.8, 4) is 11.3 Å². The molecule has 1 atom stereocenters. The third kappa shape index (κ3) is 3.65. The molecule has 0 radical (unpaired) electrons. The average molecular weight is 325 g/mol. The van der Waals surface area contributed by atoms with E-state index in [0.29, 0.717) is 6.10 Å². The highest BCUT2D eigenvalue weighted by molar-refractivity contribution is 5.65. The van der Waals surface area contributed by atoms with E-state index in [4.69, 9.17) is 4.74 Å². The topological polar surface area (TPSA) is 47.0 Å². The number of nitrogens with one attached hydrogen (secondary N) is 1. The van der Waals surface area contributed by atoms with Crippen molar-refractivity contribution in [1.29, 1.82) is 0 Å². The van der Waals surface area contributed by atoms with E-state index >= 15 is 0 Å². The smallest absolute Gasteiger partial charge is 0.0964 e. The van der Waals surface area contributed by atoms with Gasteiger partial charge in [0.05, 0.1) is 17.5 Å². The number of fused-ring (bicyclic) bond motifs is 1. The number of nitrogens with zero attached hydrogens (tertiary/aromatic N) is 2. The molecule has 0 amide bonds. The van der Waals surface area contributed by atoms with Crippen molar-refractivity contribution in [3.05, 3.63) is 46.6 Å². The summed E-state index contributed by atoms with van der Waals surface area (Å²) >= 11 is 0. The molecule has 4 heteroatoms. The zero-order valence-corrected chi connectivity index (χ0v) is 14.9. The second-order valence-electron chi connectivity index (χ2n) is 6.61. The first-order chi connectivity index (χ1) is 11.7. The lowest BCUT2D eigenvalue weighted by Gasteiger charge is -2.22. The average Bonchev–Trinajstić information content (AvgIpc) is 2.57. The predicted molar refractivity (Wildman–Crippen MR) is 97.0 cm³/mol. The van der Waals surface area contributed by atoms with Gasteiger partial charge in [-0.2, -0.15) is 5.10 Å². The van der Waals surface area contributed by atoms with Gasteiger partial charge in [-0.05, 0) is 62.8 Å². The van der Waals surface area contributed by atoms with Crippen molar-refractivity contribution < 1.29 is 4.74 Å². The second kappa shape index (κ2) is 7.86. The summed E-state index contributed by atoms with van der Waals surface area (Å²) in [6.07, 6.45) is 5.78. The normalized spacial score (nSPS) is 17.9. The molecule has 4 nitrogen and oxygen atoms in total. The summed E-state index contributed by atoms with van der Waals surface area (Å²) in [6.45, 7) is 2.96. The van der Waals surface area contributed by atoms with E-state index in [2.05, 4.69) is 46.7 Å². The van der Waals surface area contributed by atoms with Crippen LogP contribution in [0.25, 0.3) is 11.3 Å². The Hall–Kier alpha value is -1.78. The monoisotopic (exact) mass is 325 g/mol. The Labute approximate surface area is 144 Å². The fourth-order valence-corrected chi connectivity index (χ4v) is 3.62. The van der Waals surface area contributed by atoms with Crippen LogP contribution in [0.15, 0.2) is 24.3 Å². The maximum Gasteiger partial charge on any atom is 0.0964 e. The summed E-state index contributed by atoms with van der Waals surface area (Å²) in [5.74, 6) is 0. The first-order valence-electron chi connectivity index (χ1n) is 8.84. The minimum absolute atomic E-state index is 0.370. The highest BCUT2D eigenvalue weighted by Crippen LogP contribution is 2.30. The predicted octanol–water partition coefficient (Wildman–Crippen LogP) is 3.46. The number of hydrogen-bond donors (Lipinski definition) is 1. The van der Waals surface area contributed by atoms with E-state index in [9.17, 15) is 0 Å². The number of hydrogen-bond acceptors (Lipinski definition) is 4. The molecule has 0 fully saturated rings. The molecule has 24 heavy (non-hydrogen) atoms. The second-order valence-corrected chi connectivity index (χ2v) is 6.61. The third-order valence-corrected chi connectivity index (χ3v) is 5.00. The van der Waals surface area contributed by atoms with Crippen LogP contribution in [0.5, 0.6) is 0 Å². The number of aryl methyl sites for hydroxylation is 1. The zero-order chi connectivity index (χ0) is 16.9. The van der Waals surface area contributed by atoms with Crippen LogP contribution in [0.3, 0.4) is 0 Å².